The number of carbonyl (C=O) groups is 2. The number of carbonyl (C=O) groups excluding carboxylic acids is 2. The van der Waals surface area contributed by atoms with Gasteiger partial charge >= 0.3 is 11.9 Å². The van der Waals surface area contributed by atoms with Gasteiger partial charge in [-0.1, -0.05) is 5.16 Å². The number of hydrogen-bond acceptors (Lipinski definition) is 8. The third-order valence-electron chi connectivity index (χ3n) is 1.97. The highest BCUT2D eigenvalue weighted by molar-refractivity contribution is 5.94. The Morgan fingerprint density at radius 3 is 2.50 bits per heavy atom. The van der Waals surface area contributed by atoms with Crippen molar-refractivity contribution in [2.45, 2.75) is 20.3 Å². The van der Waals surface area contributed by atoms with Crippen LogP contribution in [0.4, 0.5) is 0 Å². The average molecular weight is 318 g/mol. The van der Waals surface area contributed by atoms with Gasteiger partial charge in [0.15, 0.2) is 5.84 Å². The molecule has 0 heterocycles. The average Bonchev–Trinajstić information content (AvgIpc) is 2.48. The maximum Gasteiger partial charge on any atom is 0.377 e. The van der Waals surface area contributed by atoms with Crippen LogP contribution in [0.1, 0.15) is 20.3 Å². The normalized spacial score (nSPS) is 12.0. The predicted molar refractivity (Wildman–Crippen MR) is 76.6 cm³/mol. The first-order chi connectivity index (χ1) is 10.5. The summed E-state index contributed by atoms with van der Waals surface area (Å²) < 4.78 is 14.5. The molecule has 0 aliphatic carbocycles. The van der Waals surface area contributed by atoms with Crippen LogP contribution in [0.15, 0.2) is 17.0 Å². The van der Waals surface area contributed by atoms with E-state index in [0.717, 1.165) is 6.08 Å². The lowest BCUT2D eigenvalue weighted by Gasteiger charge is -2.06. The molecule has 0 saturated heterocycles. The molecule has 9 nitrogen and oxygen atoms in total. The monoisotopic (exact) mass is 318 g/mol. The van der Waals surface area contributed by atoms with Gasteiger partial charge in [-0.25, -0.2) is 9.59 Å². The number of nitrogens with zero attached hydrogens (tertiary/aromatic N) is 1. The maximum absolute atomic E-state index is 11.6. The second kappa shape index (κ2) is 12.6. The lowest BCUT2D eigenvalue weighted by Crippen LogP contribution is -2.21. The summed E-state index contributed by atoms with van der Waals surface area (Å²) in [6.07, 6.45) is 1.29. The van der Waals surface area contributed by atoms with Gasteiger partial charge < -0.3 is 29.9 Å². The van der Waals surface area contributed by atoms with Crippen molar-refractivity contribution in [2.24, 2.45) is 10.9 Å². The highest BCUT2D eigenvalue weighted by Crippen LogP contribution is 2.03. The largest absolute Gasteiger partial charge is 0.463 e. The zero-order valence-corrected chi connectivity index (χ0v) is 12.7. The van der Waals surface area contributed by atoms with E-state index in [4.69, 9.17) is 25.2 Å². The van der Waals surface area contributed by atoms with E-state index in [1.165, 1.54) is 0 Å². The standard InChI is InChI=1S/C13H22N2O7/c1-3-20-12(17)8-10(13(18)21-4-2)22-15-11(14)9-19-7-5-6-16/h8,16H,3-7,9H2,1-2H3,(H2,14,15)/b10-8+. The van der Waals surface area contributed by atoms with Crippen LogP contribution >= 0.6 is 0 Å². The van der Waals surface area contributed by atoms with E-state index >= 15 is 0 Å². The number of aliphatic hydroxyl groups excluding tert-OH is 1. The Hall–Kier alpha value is -2.13. The summed E-state index contributed by atoms with van der Waals surface area (Å²) in [4.78, 5) is 27.8. The number of aliphatic hydroxyl groups is 1. The Bertz CT molecular complexity index is 407. The summed E-state index contributed by atoms with van der Waals surface area (Å²) in [5.41, 5.74) is 5.51. The molecule has 0 rings (SSSR count). The third-order valence-corrected chi connectivity index (χ3v) is 1.97. The molecule has 0 radical (unpaired) electrons. The van der Waals surface area contributed by atoms with Crippen molar-refractivity contribution in [1.29, 1.82) is 0 Å². The van der Waals surface area contributed by atoms with Crippen LogP contribution in [0, 0.1) is 0 Å². The first kappa shape index (κ1) is 19.9. The van der Waals surface area contributed by atoms with Crippen LogP contribution in [0.2, 0.25) is 0 Å². The number of esters is 2. The molecule has 0 fully saturated rings. The zero-order chi connectivity index (χ0) is 16.8. The molecule has 0 spiro atoms. The minimum atomic E-state index is -0.867. The maximum atomic E-state index is 11.6. The van der Waals surface area contributed by atoms with Crippen molar-refractivity contribution in [2.75, 3.05) is 33.0 Å². The van der Waals surface area contributed by atoms with Crippen LogP contribution in [-0.2, 0) is 28.6 Å². The van der Waals surface area contributed by atoms with E-state index in [0.29, 0.717) is 13.0 Å². The summed E-state index contributed by atoms with van der Waals surface area (Å²) in [6, 6.07) is 0. The number of hydrogen-bond donors (Lipinski definition) is 2. The van der Waals surface area contributed by atoms with E-state index in [1.54, 1.807) is 13.8 Å². The fourth-order valence-electron chi connectivity index (χ4n) is 1.09. The van der Waals surface area contributed by atoms with Gasteiger partial charge in [-0.3, -0.25) is 0 Å². The SMILES string of the molecule is CCOC(=O)/C=C(/O/N=C(/N)COCCCO)C(=O)OCC. The van der Waals surface area contributed by atoms with Crippen molar-refractivity contribution in [1.82, 2.24) is 0 Å². The number of rotatable bonds is 11. The van der Waals surface area contributed by atoms with E-state index in [9.17, 15) is 9.59 Å². The summed E-state index contributed by atoms with van der Waals surface area (Å²) in [5, 5.41) is 12.0. The van der Waals surface area contributed by atoms with E-state index in [2.05, 4.69) is 9.89 Å². The molecule has 126 valence electrons. The Morgan fingerprint density at radius 2 is 1.91 bits per heavy atom. The van der Waals surface area contributed by atoms with Gasteiger partial charge in [0.2, 0.25) is 5.76 Å². The molecule has 0 amide bonds. The Balaban J connectivity index is 4.62. The predicted octanol–water partition coefficient (Wildman–Crippen LogP) is -0.316. The number of oxime groups is 1. The van der Waals surface area contributed by atoms with Crippen molar-refractivity contribution >= 4 is 17.8 Å². The Morgan fingerprint density at radius 1 is 1.23 bits per heavy atom. The second-order valence-corrected chi connectivity index (χ2v) is 3.78. The highest BCUT2D eigenvalue weighted by Gasteiger charge is 2.16. The molecular formula is C13H22N2O7. The summed E-state index contributed by atoms with van der Waals surface area (Å²) in [7, 11) is 0. The molecule has 0 aliphatic heterocycles. The van der Waals surface area contributed by atoms with Gasteiger partial charge in [0, 0.05) is 13.2 Å². The van der Waals surface area contributed by atoms with E-state index < -0.39 is 17.7 Å². The third kappa shape index (κ3) is 9.72. The van der Waals surface area contributed by atoms with Gasteiger partial charge in [0.25, 0.3) is 0 Å². The van der Waals surface area contributed by atoms with E-state index in [-0.39, 0.29) is 32.3 Å². The van der Waals surface area contributed by atoms with Crippen LogP contribution in [0.25, 0.3) is 0 Å². The van der Waals surface area contributed by atoms with Gasteiger partial charge in [0.05, 0.1) is 19.3 Å². The smallest absolute Gasteiger partial charge is 0.377 e. The molecule has 0 bridgehead atoms. The van der Waals surface area contributed by atoms with Gasteiger partial charge in [-0.15, -0.1) is 0 Å². The fraction of sp³-hybridized carbons (Fsp3) is 0.615. The zero-order valence-electron chi connectivity index (χ0n) is 12.7. The van der Waals surface area contributed by atoms with Crippen LogP contribution in [-0.4, -0.2) is 55.9 Å². The molecule has 0 aliphatic rings. The van der Waals surface area contributed by atoms with Crippen molar-refractivity contribution < 1.29 is 33.7 Å². The second-order valence-electron chi connectivity index (χ2n) is 3.78. The topological polar surface area (TPSA) is 130 Å². The minimum absolute atomic E-state index is 0.00281. The molecule has 0 atom stereocenters. The fourth-order valence-corrected chi connectivity index (χ4v) is 1.09. The first-order valence-electron chi connectivity index (χ1n) is 6.78. The highest BCUT2D eigenvalue weighted by atomic mass is 16.7. The molecule has 3 N–H and O–H groups in total. The van der Waals surface area contributed by atoms with Gasteiger partial charge in [-0.05, 0) is 20.3 Å². The quantitative estimate of drug-likeness (QED) is 0.101. The molecule has 0 unspecified atom stereocenters. The molecule has 0 aromatic heterocycles. The van der Waals surface area contributed by atoms with Crippen LogP contribution in [0.3, 0.4) is 0 Å². The molecule has 9 heteroatoms. The lowest BCUT2D eigenvalue weighted by molar-refractivity contribution is -0.144. The molecule has 0 aromatic carbocycles. The first-order valence-corrected chi connectivity index (χ1v) is 6.78. The summed E-state index contributed by atoms with van der Waals surface area (Å²) in [5.74, 6) is -2.12. The molecule has 0 saturated carbocycles. The lowest BCUT2D eigenvalue weighted by atomic mass is 10.4. The van der Waals surface area contributed by atoms with Gasteiger partial charge in [-0.2, -0.15) is 0 Å². The minimum Gasteiger partial charge on any atom is -0.463 e. The van der Waals surface area contributed by atoms with Crippen LogP contribution in [0.5, 0.6) is 0 Å². The molecule has 0 aromatic rings. The molecule has 22 heavy (non-hydrogen) atoms. The number of nitrogens with two attached hydrogens (primary N) is 1. The Labute approximate surface area is 128 Å². The van der Waals surface area contributed by atoms with Gasteiger partial charge in [0.1, 0.15) is 6.61 Å². The van der Waals surface area contributed by atoms with E-state index in [1.807, 2.05) is 0 Å². The number of ether oxygens (including phenoxy) is 3. The summed E-state index contributed by atoms with van der Waals surface area (Å²) >= 11 is 0. The van der Waals surface area contributed by atoms with Crippen LogP contribution < -0.4 is 5.73 Å². The Kier molecular flexibility index (Phi) is 11.4. The molecular weight excluding hydrogens is 296 g/mol. The van der Waals surface area contributed by atoms with Crippen molar-refractivity contribution in [3.8, 4) is 0 Å². The van der Waals surface area contributed by atoms with Crippen molar-refractivity contribution in [3.63, 3.8) is 0 Å². The van der Waals surface area contributed by atoms with Crippen molar-refractivity contribution in [3.05, 3.63) is 11.8 Å². The number of amidine groups is 1. The summed E-state index contributed by atoms with van der Waals surface area (Å²) in [6.45, 7) is 3.73.